The number of thioether (sulfide) groups is 1. The Morgan fingerprint density at radius 1 is 0.896 bits per heavy atom. The van der Waals surface area contributed by atoms with Crippen LogP contribution in [0.4, 0.5) is 5.82 Å². The summed E-state index contributed by atoms with van der Waals surface area (Å²) in [6.07, 6.45) is 9.47. The van der Waals surface area contributed by atoms with Gasteiger partial charge in [0.25, 0.3) is 0 Å². The van der Waals surface area contributed by atoms with E-state index in [0.29, 0.717) is 12.2 Å². The van der Waals surface area contributed by atoms with Crippen molar-refractivity contribution in [2.45, 2.75) is 155 Å². The number of carbonyl (C=O) groups is 3. The summed E-state index contributed by atoms with van der Waals surface area (Å²) in [4.78, 5) is 88.4. The van der Waals surface area contributed by atoms with Gasteiger partial charge in [0.05, 0.1) is 19.5 Å². The van der Waals surface area contributed by atoms with Gasteiger partial charge in [-0.2, -0.15) is 4.31 Å². The highest BCUT2D eigenvalue weighted by molar-refractivity contribution is 8.13. The van der Waals surface area contributed by atoms with Crippen molar-refractivity contribution in [1.82, 2.24) is 30.2 Å². The molecule has 8 atom stereocenters. The smallest absolute Gasteiger partial charge is 0.386 e. The Morgan fingerprint density at radius 3 is 2.18 bits per heavy atom. The third-order valence-corrected chi connectivity index (χ3v) is 14.9. The van der Waals surface area contributed by atoms with Crippen LogP contribution in [0.3, 0.4) is 0 Å². The number of hydrogen-bond donors (Lipinski definition) is 9. The summed E-state index contributed by atoms with van der Waals surface area (Å²) in [7, 11) is -16.4. The molecule has 1 aliphatic heterocycles. The summed E-state index contributed by atoms with van der Waals surface area (Å²) in [6, 6.07) is 0. The molecule has 0 spiro atoms. The van der Waals surface area contributed by atoms with Gasteiger partial charge in [0, 0.05) is 37.1 Å². The summed E-state index contributed by atoms with van der Waals surface area (Å²) in [5.74, 6) is -0.183. The van der Waals surface area contributed by atoms with Crippen molar-refractivity contribution in [2.24, 2.45) is 11.3 Å². The first kappa shape index (κ1) is 58.9. The number of rotatable bonds is 34. The zero-order chi connectivity index (χ0) is 49.8. The fraction of sp³-hybridized carbons (Fsp3) is 0.795. The Morgan fingerprint density at radius 2 is 1.52 bits per heavy atom. The Hall–Kier alpha value is -2.44. The molecule has 10 N–H and O–H groups in total. The lowest BCUT2D eigenvalue weighted by Crippen LogP contribution is -2.46. The highest BCUT2D eigenvalue weighted by Crippen LogP contribution is 2.61. The molecule has 8 unspecified atom stereocenters. The molecule has 384 valence electrons. The molecule has 28 heteroatoms. The number of phosphoric ester groups is 3. The van der Waals surface area contributed by atoms with Crippen molar-refractivity contribution >= 4 is 69.1 Å². The van der Waals surface area contributed by atoms with Crippen LogP contribution in [0.25, 0.3) is 11.2 Å². The van der Waals surface area contributed by atoms with Crippen LogP contribution in [0, 0.1) is 11.3 Å². The number of ether oxygens (including phenoxy) is 1. The normalized spacial score (nSPS) is 20.6. The summed E-state index contributed by atoms with van der Waals surface area (Å²) in [6.45, 7) is 5.18. The molecule has 2 amide bonds. The van der Waals surface area contributed by atoms with Crippen molar-refractivity contribution in [3.05, 3.63) is 12.7 Å². The Bertz CT molecular complexity index is 2010. The van der Waals surface area contributed by atoms with Crippen LogP contribution in [0.15, 0.2) is 12.7 Å². The maximum absolute atomic E-state index is 12.7. The number of imidazole rings is 1. The molecule has 0 bridgehead atoms. The van der Waals surface area contributed by atoms with E-state index in [0.717, 1.165) is 54.2 Å². The van der Waals surface area contributed by atoms with Gasteiger partial charge in [-0.15, -0.1) is 0 Å². The molecule has 3 rings (SSSR count). The molecule has 3 heterocycles. The largest absolute Gasteiger partial charge is 0.481 e. The number of anilines is 1. The van der Waals surface area contributed by atoms with Gasteiger partial charge in [-0.25, -0.2) is 28.6 Å². The number of nitrogen functional groups attached to an aromatic ring is 1. The average molecular weight is 1030 g/mol. The van der Waals surface area contributed by atoms with Crippen molar-refractivity contribution in [3.63, 3.8) is 0 Å². The molecule has 2 aromatic heterocycles. The molecule has 24 nitrogen and oxygen atoms in total. The molecule has 0 radical (unpaired) electrons. The molecule has 67 heavy (non-hydrogen) atoms. The molecular formula is C39H70N7O17P3S. The number of aliphatic hydroxyl groups excluding tert-OH is 2. The van der Waals surface area contributed by atoms with Gasteiger partial charge < -0.3 is 50.9 Å². The van der Waals surface area contributed by atoms with E-state index >= 15 is 0 Å². The first-order valence-electron chi connectivity index (χ1n) is 22.5. The van der Waals surface area contributed by atoms with E-state index in [4.69, 9.17) is 19.5 Å². The number of carbonyl (C=O) groups excluding carboxylic acids is 3. The average Bonchev–Trinajstić information content (AvgIpc) is 3.81. The number of nitrogens with two attached hydrogens (primary N) is 1. The van der Waals surface area contributed by atoms with Crippen LogP contribution in [0.2, 0.25) is 0 Å². The lowest BCUT2D eigenvalue weighted by atomic mass is 9.87. The number of aromatic nitrogens is 4. The van der Waals surface area contributed by atoms with Gasteiger partial charge >= 0.3 is 23.5 Å². The monoisotopic (exact) mass is 1030 g/mol. The molecule has 0 aliphatic carbocycles. The van der Waals surface area contributed by atoms with Crippen molar-refractivity contribution in [2.75, 3.05) is 37.8 Å². The number of aliphatic hydroxyl groups is 2. The minimum atomic E-state index is -5.57. The number of amides is 2. The molecule has 1 aliphatic rings. The highest BCUT2D eigenvalue weighted by Gasteiger charge is 2.50. The second kappa shape index (κ2) is 28.4. The van der Waals surface area contributed by atoms with E-state index < -0.39 is 84.6 Å². The van der Waals surface area contributed by atoms with Crippen molar-refractivity contribution < 1.29 is 80.5 Å². The lowest BCUT2D eigenvalue weighted by Gasteiger charge is -2.30. The van der Waals surface area contributed by atoms with Crippen LogP contribution in [-0.2, 0) is 50.7 Å². The van der Waals surface area contributed by atoms with E-state index in [-0.39, 0.29) is 41.6 Å². The molecule has 0 aromatic carbocycles. The van der Waals surface area contributed by atoms with E-state index in [2.05, 4.69) is 48.3 Å². The van der Waals surface area contributed by atoms with E-state index in [1.807, 2.05) is 0 Å². The van der Waals surface area contributed by atoms with Crippen LogP contribution < -0.4 is 16.4 Å². The molecule has 1 saturated heterocycles. The Labute approximate surface area is 395 Å². The summed E-state index contributed by atoms with van der Waals surface area (Å²) in [5.41, 5.74) is 4.29. The zero-order valence-electron chi connectivity index (χ0n) is 38.6. The molecule has 1 fully saturated rings. The van der Waals surface area contributed by atoms with Gasteiger partial charge in [0.15, 0.2) is 22.8 Å². The first-order valence-corrected chi connectivity index (χ1v) is 28.0. The topological polar surface area (TPSA) is 364 Å². The van der Waals surface area contributed by atoms with Crippen LogP contribution in [0.5, 0.6) is 0 Å². The number of nitrogens with one attached hydrogen (secondary N) is 2. The fourth-order valence-electron chi connectivity index (χ4n) is 7.06. The predicted molar refractivity (Wildman–Crippen MR) is 247 cm³/mol. The summed E-state index contributed by atoms with van der Waals surface area (Å²) < 4.78 is 62.4. The number of hydrogen-bond acceptors (Lipinski definition) is 18. The maximum atomic E-state index is 12.7. The SMILES string of the molecule is CCCCC(C)CCCCCCCCCCCC(=O)SCCNC(=O)CCNC(=O)C(O)C(C)(C)COP(=O)(O)OP(=O)(O)OCC1OC(n2cnc3c(N)ncnc32)C(O)C1OP(=O)(O)O. The molecule has 0 saturated carbocycles. The van der Waals surface area contributed by atoms with Gasteiger partial charge in [0.2, 0.25) is 11.8 Å². The fourth-order valence-corrected chi connectivity index (χ4v) is 10.6. The Kier molecular flexibility index (Phi) is 25.0. The number of nitrogens with zero attached hydrogens (tertiary/aromatic N) is 4. The lowest BCUT2D eigenvalue weighted by molar-refractivity contribution is -0.137. The van der Waals surface area contributed by atoms with Crippen LogP contribution in [0.1, 0.15) is 130 Å². The number of unbranched alkanes of at least 4 members (excludes halogenated alkanes) is 9. The highest BCUT2D eigenvalue weighted by atomic mass is 32.2. The van der Waals surface area contributed by atoms with Gasteiger partial charge in [-0.3, -0.25) is 32.5 Å². The molecule has 2 aromatic rings. The quantitative estimate of drug-likeness (QED) is 0.0336. The third-order valence-electron chi connectivity index (χ3n) is 10.9. The summed E-state index contributed by atoms with van der Waals surface area (Å²) in [5, 5.41) is 26.7. The molecular weight excluding hydrogens is 963 g/mol. The maximum Gasteiger partial charge on any atom is 0.481 e. The second-order valence-corrected chi connectivity index (χ2v) is 22.6. The van der Waals surface area contributed by atoms with E-state index in [1.165, 1.54) is 78.1 Å². The van der Waals surface area contributed by atoms with Gasteiger partial charge in [-0.1, -0.05) is 117 Å². The minimum Gasteiger partial charge on any atom is -0.386 e. The van der Waals surface area contributed by atoms with Gasteiger partial charge in [0.1, 0.15) is 36.3 Å². The standard InChI is InChI=1S/C39H70N7O17P3S/c1-5-6-16-27(2)17-14-12-10-8-7-9-11-13-15-18-30(48)67-22-21-41-29(47)19-20-42-37(51)34(50)39(3,4)24-60-66(57,58)63-65(55,56)59-23-28-33(62-64(52,53)54)32(49)38(61-28)46-26-45-31-35(40)43-25-44-36(31)46/h25-28,32-34,38,49-50H,5-24H2,1-4H3,(H,41,47)(H,42,51)(H,55,56)(H,57,58)(H2,40,43,44)(H2,52,53,54). The second-order valence-electron chi connectivity index (χ2n) is 17.3. The number of fused-ring (bicyclic) bond motifs is 1. The van der Waals surface area contributed by atoms with Gasteiger partial charge in [-0.05, 0) is 12.3 Å². The predicted octanol–water partition coefficient (Wildman–Crippen LogP) is 4.78. The Balaban J connectivity index is 1.30. The summed E-state index contributed by atoms with van der Waals surface area (Å²) >= 11 is 1.16. The third kappa shape index (κ3) is 21.6. The van der Waals surface area contributed by atoms with Crippen LogP contribution >= 0.6 is 35.2 Å². The number of phosphoric acid groups is 3. The van der Waals surface area contributed by atoms with Crippen molar-refractivity contribution in [3.8, 4) is 0 Å². The minimum absolute atomic E-state index is 0.0338. The van der Waals surface area contributed by atoms with Crippen molar-refractivity contribution in [1.29, 1.82) is 0 Å². The first-order chi connectivity index (χ1) is 31.4. The zero-order valence-corrected chi connectivity index (χ0v) is 42.1. The van der Waals surface area contributed by atoms with E-state index in [9.17, 15) is 57.9 Å². The van der Waals surface area contributed by atoms with E-state index in [1.54, 1.807) is 0 Å². The van der Waals surface area contributed by atoms with Crippen LogP contribution in [-0.4, -0.2) is 123 Å².